The van der Waals surface area contributed by atoms with E-state index in [0.29, 0.717) is 22.9 Å². The summed E-state index contributed by atoms with van der Waals surface area (Å²) in [7, 11) is 3.94. The number of likely N-dealkylation sites (N-methyl/N-ethyl adjacent to an activating group) is 1. The third-order valence-electron chi connectivity index (χ3n) is 2.02. The van der Waals surface area contributed by atoms with E-state index in [0.717, 1.165) is 11.0 Å². The van der Waals surface area contributed by atoms with Gasteiger partial charge in [-0.2, -0.15) is 0 Å². The van der Waals surface area contributed by atoms with E-state index in [4.69, 9.17) is 21.5 Å². The molecule has 0 unspecified atom stereocenters. The zero-order valence-corrected chi connectivity index (χ0v) is 12.0. The molecule has 17 heavy (non-hydrogen) atoms. The Kier molecular flexibility index (Phi) is 5.74. The molecule has 1 aromatic carbocycles. The van der Waals surface area contributed by atoms with Gasteiger partial charge < -0.3 is 14.8 Å². The van der Waals surface area contributed by atoms with E-state index in [2.05, 4.69) is 21.1 Å². The lowest BCUT2D eigenvalue weighted by molar-refractivity contribution is 0.259. The van der Waals surface area contributed by atoms with Crippen molar-refractivity contribution >= 4 is 33.7 Å². The number of oxime groups is 1. The Morgan fingerprint density at radius 2 is 2.24 bits per heavy atom. The van der Waals surface area contributed by atoms with Crippen LogP contribution in [-0.2, 0) is 0 Å². The lowest BCUT2D eigenvalue weighted by atomic mass is 10.2. The third kappa shape index (κ3) is 4.53. The van der Waals surface area contributed by atoms with Crippen LogP contribution in [0.4, 0.5) is 0 Å². The molecule has 6 heteroatoms. The number of hydrogen-bond donors (Lipinski definition) is 1. The van der Waals surface area contributed by atoms with Crippen molar-refractivity contribution in [2.45, 2.75) is 0 Å². The van der Waals surface area contributed by atoms with Crippen molar-refractivity contribution in [2.75, 3.05) is 27.2 Å². The fourth-order valence-electron chi connectivity index (χ4n) is 1.22. The number of benzene rings is 1. The van der Waals surface area contributed by atoms with E-state index in [-0.39, 0.29) is 0 Å². The molecule has 0 radical (unpaired) electrons. The van der Waals surface area contributed by atoms with Crippen LogP contribution in [0, 0.1) is 0 Å². The van der Waals surface area contributed by atoms with Gasteiger partial charge in [-0.25, -0.2) is 0 Å². The fourth-order valence-corrected chi connectivity index (χ4v) is 2.17. The van der Waals surface area contributed by atoms with Gasteiger partial charge in [0, 0.05) is 17.1 Å². The predicted molar refractivity (Wildman–Crippen MR) is 72.6 cm³/mol. The molecule has 94 valence electrons. The lowest BCUT2D eigenvalue weighted by Crippen LogP contribution is -2.19. The van der Waals surface area contributed by atoms with E-state index in [1.165, 1.54) is 6.21 Å². The van der Waals surface area contributed by atoms with Gasteiger partial charge in [-0.1, -0.05) is 16.8 Å². The molecule has 0 spiro atoms. The zero-order valence-electron chi connectivity index (χ0n) is 9.65. The molecule has 0 amide bonds. The molecule has 1 rings (SSSR count). The van der Waals surface area contributed by atoms with Crippen LogP contribution < -0.4 is 4.74 Å². The first-order valence-electron chi connectivity index (χ1n) is 4.98. The fraction of sp³-hybridized carbons (Fsp3) is 0.364. The highest BCUT2D eigenvalue weighted by Gasteiger charge is 2.09. The number of hydrogen-bond acceptors (Lipinski definition) is 4. The Morgan fingerprint density at radius 1 is 1.53 bits per heavy atom. The average molecular weight is 322 g/mol. The minimum atomic E-state index is 0.541. The van der Waals surface area contributed by atoms with Crippen molar-refractivity contribution in [3.63, 3.8) is 0 Å². The van der Waals surface area contributed by atoms with E-state index < -0.39 is 0 Å². The molecule has 0 aliphatic heterocycles. The molecule has 1 N–H and O–H groups in total. The van der Waals surface area contributed by atoms with Crippen LogP contribution in [0.2, 0.25) is 5.02 Å². The van der Waals surface area contributed by atoms with Gasteiger partial charge in [-0.15, -0.1) is 0 Å². The number of ether oxygens (including phenoxy) is 1. The van der Waals surface area contributed by atoms with Crippen LogP contribution in [0.25, 0.3) is 0 Å². The first-order chi connectivity index (χ1) is 8.04. The molecular weight excluding hydrogens is 307 g/mol. The van der Waals surface area contributed by atoms with E-state index >= 15 is 0 Å². The van der Waals surface area contributed by atoms with Crippen LogP contribution in [-0.4, -0.2) is 43.6 Å². The minimum absolute atomic E-state index is 0.541. The van der Waals surface area contributed by atoms with Crippen molar-refractivity contribution in [1.82, 2.24) is 4.90 Å². The Hall–Kier alpha value is -0.780. The standard InChI is InChI=1S/C11H14BrClN2O2/c1-15(2)3-4-17-11-8(7-14-16)5-9(13)6-10(11)12/h5-7,16H,3-4H2,1-2H3. The Labute approximate surface area is 114 Å². The normalized spacial score (nSPS) is 11.4. The van der Waals surface area contributed by atoms with E-state index in [9.17, 15) is 0 Å². The molecule has 0 aliphatic rings. The maximum absolute atomic E-state index is 8.59. The summed E-state index contributed by atoms with van der Waals surface area (Å²) < 4.78 is 6.37. The highest BCUT2D eigenvalue weighted by molar-refractivity contribution is 9.10. The quantitative estimate of drug-likeness (QED) is 0.515. The van der Waals surface area contributed by atoms with Gasteiger partial charge in [0.05, 0.1) is 10.7 Å². The van der Waals surface area contributed by atoms with E-state index in [1.54, 1.807) is 12.1 Å². The monoisotopic (exact) mass is 320 g/mol. The topological polar surface area (TPSA) is 45.1 Å². The summed E-state index contributed by atoms with van der Waals surface area (Å²) in [6.07, 6.45) is 1.29. The molecule has 0 aromatic heterocycles. The van der Waals surface area contributed by atoms with Crippen molar-refractivity contribution in [2.24, 2.45) is 5.16 Å². The van der Waals surface area contributed by atoms with Gasteiger partial charge in [0.15, 0.2) is 0 Å². The van der Waals surface area contributed by atoms with Crippen LogP contribution in [0.1, 0.15) is 5.56 Å². The molecule has 1 aromatic rings. The second-order valence-electron chi connectivity index (χ2n) is 3.70. The molecule has 0 bridgehead atoms. The number of halogens is 2. The van der Waals surface area contributed by atoms with Gasteiger partial charge >= 0.3 is 0 Å². The Morgan fingerprint density at radius 3 is 2.82 bits per heavy atom. The first kappa shape index (κ1) is 14.3. The van der Waals surface area contributed by atoms with Gasteiger partial charge in [0.1, 0.15) is 12.4 Å². The molecule has 4 nitrogen and oxygen atoms in total. The zero-order chi connectivity index (χ0) is 12.8. The number of nitrogens with zero attached hydrogens (tertiary/aromatic N) is 2. The lowest BCUT2D eigenvalue weighted by Gasteiger charge is -2.14. The van der Waals surface area contributed by atoms with Gasteiger partial charge in [-0.05, 0) is 42.2 Å². The average Bonchev–Trinajstić information content (AvgIpc) is 2.21. The summed E-state index contributed by atoms with van der Waals surface area (Å²) in [6, 6.07) is 3.41. The summed E-state index contributed by atoms with van der Waals surface area (Å²) in [6.45, 7) is 1.34. The highest BCUT2D eigenvalue weighted by Crippen LogP contribution is 2.31. The van der Waals surface area contributed by atoms with Crippen molar-refractivity contribution in [3.05, 3.63) is 27.2 Å². The number of rotatable bonds is 5. The molecule has 0 fully saturated rings. The molecule has 0 aliphatic carbocycles. The second kappa shape index (κ2) is 6.83. The Bertz CT molecular complexity index is 411. The van der Waals surface area contributed by atoms with Gasteiger partial charge in [0.25, 0.3) is 0 Å². The molecule has 0 heterocycles. The van der Waals surface area contributed by atoms with Crippen molar-refractivity contribution in [3.8, 4) is 5.75 Å². The van der Waals surface area contributed by atoms with Crippen molar-refractivity contribution < 1.29 is 9.94 Å². The summed E-state index contributed by atoms with van der Waals surface area (Å²) in [4.78, 5) is 2.02. The summed E-state index contributed by atoms with van der Waals surface area (Å²) in [5.41, 5.74) is 0.630. The highest BCUT2D eigenvalue weighted by atomic mass is 79.9. The molecular formula is C11H14BrClN2O2. The summed E-state index contributed by atoms with van der Waals surface area (Å²) >= 11 is 9.27. The molecule has 0 saturated heterocycles. The maximum atomic E-state index is 8.59. The van der Waals surface area contributed by atoms with Crippen LogP contribution in [0.3, 0.4) is 0 Å². The van der Waals surface area contributed by atoms with Gasteiger partial charge in [-0.3, -0.25) is 0 Å². The largest absolute Gasteiger partial charge is 0.490 e. The van der Waals surface area contributed by atoms with Crippen LogP contribution in [0.15, 0.2) is 21.8 Å². The first-order valence-corrected chi connectivity index (χ1v) is 6.15. The van der Waals surface area contributed by atoms with Crippen LogP contribution in [0.5, 0.6) is 5.75 Å². The Balaban J connectivity index is 2.88. The van der Waals surface area contributed by atoms with Crippen LogP contribution >= 0.6 is 27.5 Å². The molecule has 0 saturated carbocycles. The predicted octanol–water partition coefficient (Wildman–Crippen LogP) is 2.85. The smallest absolute Gasteiger partial charge is 0.142 e. The van der Waals surface area contributed by atoms with Crippen molar-refractivity contribution in [1.29, 1.82) is 0 Å². The summed E-state index contributed by atoms with van der Waals surface area (Å²) in [5.74, 6) is 0.619. The second-order valence-corrected chi connectivity index (χ2v) is 4.99. The SMILES string of the molecule is CN(C)CCOc1c(Br)cc(Cl)cc1C=NO. The van der Waals surface area contributed by atoms with E-state index in [1.807, 2.05) is 19.0 Å². The minimum Gasteiger partial charge on any atom is -0.490 e. The summed E-state index contributed by atoms with van der Waals surface area (Å²) in [5, 5.41) is 12.1. The van der Waals surface area contributed by atoms with Gasteiger partial charge in [0.2, 0.25) is 0 Å². The molecule has 0 atom stereocenters. The maximum Gasteiger partial charge on any atom is 0.142 e. The third-order valence-corrected chi connectivity index (χ3v) is 2.83.